The molecule has 2 bridgehead atoms. The van der Waals surface area contributed by atoms with Crippen molar-refractivity contribution in [3.63, 3.8) is 0 Å². The van der Waals surface area contributed by atoms with Crippen LogP contribution in [0.15, 0.2) is 25.3 Å². The zero-order chi connectivity index (χ0) is 27.1. The van der Waals surface area contributed by atoms with Gasteiger partial charge in [-0.2, -0.15) is 0 Å². The standard InChI is InChI=1S/C29H46N2O5S/c1-5-8-12-18-30(17-7-3)26(34)24-29-16-15-28(4,37-29)23(27(35)36-21-9-6-2)22(29)25(33)31(24)19-13-10-11-14-20-32/h6-7,22-24,32H,2-3,5,8-21H2,1,4H3/t22-,23-,24?,28+,29?/m0/s1. The molecular weight excluding hydrogens is 488 g/mol. The van der Waals surface area contributed by atoms with Gasteiger partial charge in [-0.3, -0.25) is 14.4 Å². The highest BCUT2D eigenvalue weighted by atomic mass is 32.2. The number of rotatable bonds is 17. The van der Waals surface area contributed by atoms with Crippen molar-refractivity contribution in [2.45, 2.75) is 93.6 Å². The fourth-order valence-corrected chi connectivity index (χ4v) is 8.90. The molecule has 3 aliphatic rings. The van der Waals surface area contributed by atoms with E-state index in [0.717, 1.165) is 57.8 Å². The second-order valence-electron chi connectivity index (χ2n) is 10.9. The fraction of sp³-hybridized carbons (Fsp3) is 0.759. The highest BCUT2D eigenvalue weighted by Crippen LogP contribution is 2.71. The van der Waals surface area contributed by atoms with Crippen LogP contribution in [0.2, 0.25) is 0 Å². The number of carbonyl (C=O) groups is 3. The second-order valence-corrected chi connectivity index (χ2v) is 12.8. The van der Waals surface area contributed by atoms with Crippen LogP contribution in [0, 0.1) is 11.8 Å². The van der Waals surface area contributed by atoms with Crippen LogP contribution < -0.4 is 0 Å². The smallest absolute Gasteiger partial charge is 0.311 e. The number of amides is 2. The Morgan fingerprint density at radius 2 is 1.92 bits per heavy atom. The normalized spacial score (nSPS) is 29.9. The molecule has 7 nitrogen and oxygen atoms in total. The Hall–Kier alpha value is -1.80. The van der Waals surface area contributed by atoms with Gasteiger partial charge in [-0.25, -0.2) is 0 Å². The molecule has 5 atom stereocenters. The minimum absolute atomic E-state index is 0.0142. The summed E-state index contributed by atoms with van der Waals surface area (Å²) in [5.74, 6) is -1.50. The largest absolute Gasteiger partial charge is 0.465 e. The van der Waals surface area contributed by atoms with E-state index >= 15 is 0 Å². The van der Waals surface area contributed by atoms with Crippen molar-refractivity contribution in [2.75, 3.05) is 32.8 Å². The van der Waals surface area contributed by atoms with Gasteiger partial charge in [-0.15, -0.1) is 24.9 Å². The van der Waals surface area contributed by atoms with E-state index in [4.69, 9.17) is 9.84 Å². The number of aliphatic hydroxyl groups excluding tert-OH is 1. The van der Waals surface area contributed by atoms with Crippen molar-refractivity contribution < 1.29 is 24.2 Å². The first-order chi connectivity index (χ1) is 17.8. The molecule has 0 aromatic rings. The molecule has 8 heteroatoms. The summed E-state index contributed by atoms with van der Waals surface area (Å²) in [5.41, 5.74) is 0. The SMILES string of the molecule is C=CCCOC(=O)[C@@H]1[C@H]2C(=O)N(CCCCCCO)C(C(=O)N(CC=C)CCCCC)C23CC[C@@]1(C)S3. The summed E-state index contributed by atoms with van der Waals surface area (Å²) in [5, 5.41) is 9.12. The number of esters is 1. The molecule has 3 rings (SSSR count). The van der Waals surface area contributed by atoms with Crippen LogP contribution in [0.5, 0.6) is 0 Å². The van der Waals surface area contributed by atoms with Crippen molar-refractivity contribution >= 4 is 29.5 Å². The Labute approximate surface area is 227 Å². The predicted molar refractivity (Wildman–Crippen MR) is 148 cm³/mol. The van der Waals surface area contributed by atoms with E-state index in [9.17, 15) is 14.4 Å². The van der Waals surface area contributed by atoms with Gasteiger partial charge in [0.1, 0.15) is 6.04 Å². The van der Waals surface area contributed by atoms with Gasteiger partial charge < -0.3 is 19.6 Å². The van der Waals surface area contributed by atoms with Crippen molar-refractivity contribution in [3.8, 4) is 0 Å². The van der Waals surface area contributed by atoms with E-state index in [1.807, 2.05) is 4.90 Å². The quantitative estimate of drug-likeness (QED) is 0.170. The molecular formula is C29H46N2O5S. The van der Waals surface area contributed by atoms with E-state index in [-0.39, 0.29) is 31.0 Å². The lowest BCUT2D eigenvalue weighted by atomic mass is 9.66. The molecule has 1 N–H and O–H groups in total. The Morgan fingerprint density at radius 3 is 2.59 bits per heavy atom. The molecule has 0 aromatic heterocycles. The van der Waals surface area contributed by atoms with E-state index in [1.165, 1.54) is 0 Å². The fourth-order valence-electron chi connectivity index (χ4n) is 6.56. The third kappa shape index (κ3) is 5.95. The van der Waals surface area contributed by atoms with Crippen LogP contribution in [0.3, 0.4) is 0 Å². The highest BCUT2D eigenvalue weighted by molar-refractivity contribution is 8.02. The van der Waals surface area contributed by atoms with Crippen molar-refractivity contribution in [2.24, 2.45) is 11.8 Å². The molecule has 2 amide bonds. The average molecular weight is 535 g/mol. The van der Waals surface area contributed by atoms with Gasteiger partial charge in [0.05, 0.1) is 23.2 Å². The molecule has 0 saturated carbocycles. The van der Waals surface area contributed by atoms with Gasteiger partial charge in [0, 0.05) is 31.0 Å². The Bertz CT molecular complexity index is 850. The van der Waals surface area contributed by atoms with Gasteiger partial charge >= 0.3 is 5.97 Å². The summed E-state index contributed by atoms with van der Waals surface area (Å²) < 4.78 is 4.59. The maximum absolute atomic E-state index is 14.2. The van der Waals surface area contributed by atoms with E-state index in [0.29, 0.717) is 26.1 Å². The van der Waals surface area contributed by atoms with Gasteiger partial charge in [-0.05, 0) is 45.4 Å². The zero-order valence-corrected chi connectivity index (χ0v) is 23.6. The zero-order valence-electron chi connectivity index (χ0n) is 22.8. The molecule has 208 valence electrons. The van der Waals surface area contributed by atoms with E-state index in [1.54, 1.807) is 28.8 Å². The summed E-state index contributed by atoms with van der Waals surface area (Å²) in [6.07, 6.45) is 11.9. The van der Waals surface area contributed by atoms with Gasteiger partial charge in [0.25, 0.3) is 0 Å². The third-order valence-corrected chi connectivity index (χ3v) is 10.3. The summed E-state index contributed by atoms with van der Waals surface area (Å²) in [6, 6.07) is -0.581. The van der Waals surface area contributed by atoms with E-state index < -0.39 is 27.4 Å². The maximum Gasteiger partial charge on any atom is 0.311 e. The molecule has 3 aliphatic heterocycles. The maximum atomic E-state index is 14.2. The summed E-state index contributed by atoms with van der Waals surface area (Å²) >= 11 is 1.69. The predicted octanol–water partition coefficient (Wildman–Crippen LogP) is 4.34. The number of hydrogen-bond donors (Lipinski definition) is 1. The molecule has 3 heterocycles. The van der Waals surface area contributed by atoms with Gasteiger partial charge in [0.15, 0.2) is 0 Å². The molecule has 3 fully saturated rings. The molecule has 2 unspecified atom stereocenters. The number of carbonyl (C=O) groups excluding carboxylic acids is 3. The van der Waals surface area contributed by atoms with Crippen LogP contribution >= 0.6 is 11.8 Å². The molecule has 3 saturated heterocycles. The molecule has 0 radical (unpaired) electrons. The summed E-state index contributed by atoms with van der Waals surface area (Å²) in [6.45, 7) is 13.8. The first-order valence-electron chi connectivity index (χ1n) is 14.1. The lowest BCUT2D eigenvalue weighted by molar-refractivity contribution is -0.155. The van der Waals surface area contributed by atoms with Gasteiger partial charge in [-0.1, -0.05) is 44.8 Å². The Morgan fingerprint density at radius 1 is 1.16 bits per heavy atom. The summed E-state index contributed by atoms with van der Waals surface area (Å²) in [7, 11) is 0. The number of hydrogen-bond acceptors (Lipinski definition) is 6. The molecule has 37 heavy (non-hydrogen) atoms. The average Bonchev–Trinajstić information content (AvgIpc) is 3.44. The number of nitrogens with zero attached hydrogens (tertiary/aromatic N) is 2. The highest BCUT2D eigenvalue weighted by Gasteiger charge is 2.77. The number of ether oxygens (including phenoxy) is 1. The van der Waals surface area contributed by atoms with Crippen molar-refractivity contribution in [1.29, 1.82) is 0 Å². The lowest BCUT2D eigenvalue weighted by Gasteiger charge is -2.37. The number of likely N-dealkylation sites (tertiary alicyclic amines) is 1. The molecule has 1 spiro atoms. The minimum atomic E-state index is -0.611. The van der Waals surface area contributed by atoms with Gasteiger partial charge in [0.2, 0.25) is 11.8 Å². The Balaban J connectivity index is 1.92. The molecule has 0 aromatic carbocycles. The number of thioether (sulfide) groups is 1. The van der Waals surface area contributed by atoms with Crippen LogP contribution in [0.1, 0.15) is 78.1 Å². The summed E-state index contributed by atoms with van der Waals surface area (Å²) in [4.78, 5) is 45.4. The Kier molecular flexibility index (Phi) is 10.7. The van der Waals surface area contributed by atoms with Crippen molar-refractivity contribution in [1.82, 2.24) is 9.80 Å². The van der Waals surface area contributed by atoms with Crippen LogP contribution in [-0.4, -0.2) is 81.1 Å². The van der Waals surface area contributed by atoms with E-state index in [2.05, 4.69) is 27.0 Å². The number of fused-ring (bicyclic) bond motifs is 1. The molecule has 0 aliphatic carbocycles. The van der Waals surface area contributed by atoms with Crippen LogP contribution in [0.4, 0.5) is 0 Å². The monoisotopic (exact) mass is 534 g/mol. The second kappa shape index (κ2) is 13.3. The first-order valence-corrected chi connectivity index (χ1v) is 14.9. The third-order valence-electron chi connectivity index (χ3n) is 8.33. The lowest BCUT2D eigenvalue weighted by Crippen LogP contribution is -2.55. The van der Waals surface area contributed by atoms with Crippen LogP contribution in [0.25, 0.3) is 0 Å². The first kappa shape index (κ1) is 29.8. The minimum Gasteiger partial charge on any atom is -0.465 e. The van der Waals surface area contributed by atoms with Crippen LogP contribution in [-0.2, 0) is 19.1 Å². The number of unbranched alkanes of at least 4 members (excludes halogenated alkanes) is 5. The number of aliphatic hydroxyl groups is 1. The van der Waals surface area contributed by atoms with Crippen molar-refractivity contribution in [3.05, 3.63) is 25.3 Å². The topological polar surface area (TPSA) is 87.1 Å².